The van der Waals surface area contributed by atoms with Crippen molar-refractivity contribution in [1.82, 2.24) is 0 Å². The normalized spacial score (nSPS) is 9.53. The van der Waals surface area contributed by atoms with Gasteiger partial charge in [0.15, 0.2) is 0 Å². The number of hydrogen-bond acceptors (Lipinski definition) is 3. The van der Waals surface area contributed by atoms with E-state index in [0.29, 0.717) is 10.6 Å². The average molecular weight is 335 g/mol. The molecule has 0 saturated carbocycles. The number of methoxy groups -OCH3 is 1. The van der Waals surface area contributed by atoms with Crippen LogP contribution in [0.2, 0.25) is 0 Å². The van der Waals surface area contributed by atoms with Gasteiger partial charge in [-0.15, -0.1) is 0 Å². The SMILES string of the molecule is COC(=O)c1cccc(NC(C)=S)c1I. The number of benzene rings is 1. The van der Waals surface area contributed by atoms with E-state index < -0.39 is 0 Å². The summed E-state index contributed by atoms with van der Waals surface area (Å²) in [6.45, 7) is 1.79. The van der Waals surface area contributed by atoms with Crippen molar-refractivity contribution in [3.05, 3.63) is 27.3 Å². The second-order valence-corrected chi connectivity index (χ2v) is 4.53. The number of esters is 1. The summed E-state index contributed by atoms with van der Waals surface area (Å²) in [5.41, 5.74) is 1.37. The van der Waals surface area contributed by atoms with Gasteiger partial charge in [-0.3, -0.25) is 0 Å². The standard InChI is InChI=1S/C10H10INO2S/c1-6(15)12-8-5-3-4-7(9(8)11)10(13)14-2/h3-5H,1-2H3,(H,12,15). The summed E-state index contributed by atoms with van der Waals surface area (Å²) in [4.78, 5) is 12.0. The molecule has 1 aromatic rings. The third-order valence-corrected chi connectivity index (χ3v) is 2.98. The van der Waals surface area contributed by atoms with E-state index in [2.05, 4.69) is 32.6 Å². The Bertz CT molecular complexity index is 406. The summed E-state index contributed by atoms with van der Waals surface area (Å²) >= 11 is 7.03. The maximum atomic E-state index is 11.4. The number of nitrogens with one attached hydrogen (secondary N) is 1. The molecule has 80 valence electrons. The van der Waals surface area contributed by atoms with E-state index in [1.807, 2.05) is 6.07 Å². The van der Waals surface area contributed by atoms with Crippen molar-refractivity contribution in [2.24, 2.45) is 0 Å². The van der Waals surface area contributed by atoms with Crippen molar-refractivity contribution in [3.8, 4) is 0 Å². The topological polar surface area (TPSA) is 38.3 Å². The minimum absolute atomic E-state index is 0.343. The van der Waals surface area contributed by atoms with E-state index in [0.717, 1.165) is 9.26 Å². The van der Waals surface area contributed by atoms with Crippen LogP contribution in [0.4, 0.5) is 5.69 Å². The van der Waals surface area contributed by atoms with E-state index >= 15 is 0 Å². The van der Waals surface area contributed by atoms with Crippen LogP contribution >= 0.6 is 34.8 Å². The first-order valence-corrected chi connectivity index (χ1v) is 5.69. The van der Waals surface area contributed by atoms with Crippen molar-refractivity contribution < 1.29 is 9.53 Å². The van der Waals surface area contributed by atoms with Gasteiger partial charge in [0.05, 0.1) is 26.9 Å². The lowest BCUT2D eigenvalue weighted by atomic mass is 10.2. The molecule has 0 amide bonds. The summed E-state index contributed by atoms with van der Waals surface area (Å²) in [5.74, 6) is -0.343. The van der Waals surface area contributed by atoms with E-state index in [1.165, 1.54) is 7.11 Å². The zero-order chi connectivity index (χ0) is 11.4. The summed E-state index contributed by atoms with van der Waals surface area (Å²) < 4.78 is 5.48. The minimum atomic E-state index is -0.343. The van der Waals surface area contributed by atoms with Crippen molar-refractivity contribution in [2.75, 3.05) is 12.4 Å². The third kappa shape index (κ3) is 3.13. The molecule has 0 aliphatic carbocycles. The molecule has 0 bridgehead atoms. The van der Waals surface area contributed by atoms with E-state index in [4.69, 9.17) is 12.2 Å². The number of ether oxygens (including phenoxy) is 1. The quantitative estimate of drug-likeness (QED) is 0.512. The monoisotopic (exact) mass is 335 g/mol. The Kier molecular flexibility index (Phi) is 4.46. The predicted octanol–water partition coefficient (Wildman–Crippen LogP) is 2.84. The molecule has 0 atom stereocenters. The lowest BCUT2D eigenvalue weighted by Crippen LogP contribution is -2.09. The van der Waals surface area contributed by atoms with Crippen LogP contribution in [0.3, 0.4) is 0 Å². The van der Waals surface area contributed by atoms with Crippen LogP contribution in [0.25, 0.3) is 0 Å². The van der Waals surface area contributed by atoms with Crippen LogP contribution in [0.5, 0.6) is 0 Å². The summed E-state index contributed by atoms with van der Waals surface area (Å²) in [6.07, 6.45) is 0. The lowest BCUT2D eigenvalue weighted by molar-refractivity contribution is 0.0599. The molecule has 0 aliphatic rings. The fourth-order valence-corrected chi connectivity index (χ4v) is 1.91. The first-order valence-electron chi connectivity index (χ1n) is 4.20. The molecule has 0 aromatic heterocycles. The number of hydrogen-bond donors (Lipinski definition) is 1. The molecular weight excluding hydrogens is 325 g/mol. The van der Waals surface area contributed by atoms with Crippen molar-refractivity contribution in [1.29, 1.82) is 0 Å². The van der Waals surface area contributed by atoms with Crippen LogP contribution in [0.15, 0.2) is 18.2 Å². The third-order valence-electron chi connectivity index (χ3n) is 1.71. The lowest BCUT2D eigenvalue weighted by Gasteiger charge is -2.09. The largest absolute Gasteiger partial charge is 0.465 e. The highest BCUT2D eigenvalue weighted by molar-refractivity contribution is 14.1. The molecule has 1 N–H and O–H groups in total. The Balaban J connectivity index is 3.11. The van der Waals surface area contributed by atoms with Gasteiger partial charge in [0.2, 0.25) is 0 Å². The second-order valence-electron chi connectivity index (χ2n) is 2.84. The highest BCUT2D eigenvalue weighted by Gasteiger charge is 2.12. The highest BCUT2D eigenvalue weighted by Crippen LogP contribution is 2.22. The zero-order valence-corrected chi connectivity index (χ0v) is 11.3. The van der Waals surface area contributed by atoms with Gasteiger partial charge in [0, 0.05) is 0 Å². The molecule has 5 heteroatoms. The second kappa shape index (κ2) is 5.41. The van der Waals surface area contributed by atoms with Crippen LogP contribution in [-0.4, -0.2) is 18.1 Å². The molecule has 0 spiro atoms. The van der Waals surface area contributed by atoms with Crippen LogP contribution in [0, 0.1) is 3.57 Å². The molecule has 0 saturated heterocycles. The zero-order valence-electron chi connectivity index (χ0n) is 8.33. The fourth-order valence-electron chi connectivity index (χ4n) is 1.09. The van der Waals surface area contributed by atoms with Crippen LogP contribution in [-0.2, 0) is 4.74 Å². The van der Waals surface area contributed by atoms with E-state index in [1.54, 1.807) is 19.1 Å². The van der Waals surface area contributed by atoms with Crippen molar-refractivity contribution in [3.63, 3.8) is 0 Å². The smallest absolute Gasteiger partial charge is 0.339 e. The van der Waals surface area contributed by atoms with Crippen LogP contribution < -0.4 is 5.32 Å². The number of anilines is 1. The molecule has 15 heavy (non-hydrogen) atoms. The van der Waals surface area contributed by atoms with Crippen molar-refractivity contribution >= 4 is 51.5 Å². The highest BCUT2D eigenvalue weighted by atomic mass is 127. The number of halogens is 1. The Labute approximate surface area is 107 Å². The van der Waals surface area contributed by atoms with Gasteiger partial charge < -0.3 is 10.1 Å². The Morgan fingerprint density at radius 1 is 1.53 bits per heavy atom. The van der Waals surface area contributed by atoms with E-state index in [9.17, 15) is 4.79 Å². The molecule has 0 heterocycles. The molecule has 3 nitrogen and oxygen atoms in total. The van der Waals surface area contributed by atoms with Gasteiger partial charge in [0.1, 0.15) is 0 Å². The Morgan fingerprint density at radius 2 is 2.20 bits per heavy atom. The molecule has 1 rings (SSSR count). The number of carbonyl (C=O) groups is 1. The van der Waals surface area contributed by atoms with E-state index in [-0.39, 0.29) is 5.97 Å². The van der Waals surface area contributed by atoms with Crippen LogP contribution in [0.1, 0.15) is 17.3 Å². The van der Waals surface area contributed by atoms with Gasteiger partial charge in [0.25, 0.3) is 0 Å². The molecule has 0 fully saturated rings. The van der Waals surface area contributed by atoms with Crippen molar-refractivity contribution in [2.45, 2.75) is 6.92 Å². The maximum absolute atomic E-state index is 11.4. The molecule has 0 unspecified atom stereocenters. The average Bonchev–Trinajstić information content (AvgIpc) is 2.19. The van der Waals surface area contributed by atoms with Gasteiger partial charge in [-0.1, -0.05) is 18.3 Å². The van der Waals surface area contributed by atoms with Gasteiger partial charge >= 0.3 is 5.97 Å². The predicted molar refractivity (Wildman–Crippen MR) is 72.4 cm³/mol. The Morgan fingerprint density at radius 3 is 2.73 bits per heavy atom. The number of rotatable bonds is 2. The first-order chi connectivity index (χ1) is 7.06. The summed E-state index contributed by atoms with van der Waals surface area (Å²) in [7, 11) is 1.36. The van der Waals surface area contributed by atoms with Gasteiger partial charge in [-0.25, -0.2) is 4.79 Å². The molecular formula is C10H10INO2S. The molecule has 1 aromatic carbocycles. The minimum Gasteiger partial charge on any atom is -0.465 e. The summed E-state index contributed by atoms with van der Waals surface area (Å²) in [6, 6.07) is 5.37. The molecule has 0 radical (unpaired) electrons. The summed E-state index contributed by atoms with van der Waals surface area (Å²) in [5, 5.41) is 3.01. The fraction of sp³-hybridized carbons (Fsp3) is 0.200. The molecule has 0 aliphatic heterocycles. The first kappa shape index (κ1) is 12.4. The maximum Gasteiger partial charge on any atom is 0.339 e. The number of thiocarbonyl (C=S) groups is 1. The Hall–Kier alpha value is -0.690. The van der Waals surface area contributed by atoms with Gasteiger partial charge in [-0.2, -0.15) is 0 Å². The van der Waals surface area contributed by atoms with Gasteiger partial charge in [-0.05, 0) is 41.6 Å². The number of carbonyl (C=O) groups excluding carboxylic acids is 1.